The maximum Gasteiger partial charge on any atom is 0.0377 e. The first-order chi connectivity index (χ1) is 11.9. The van der Waals surface area contributed by atoms with Gasteiger partial charge in [0.05, 0.1) is 0 Å². The quantitative estimate of drug-likeness (QED) is 0.785. The molecule has 5 rings (SSSR count). The van der Waals surface area contributed by atoms with Crippen LogP contribution < -0.4 is 5.32 Å². The molecule has 1 saturated carbocycles. The minimum atomic E-state index is 0.634. The number of nitrogens with zero attached hydrogens (tertiary/aromatic N) is 1. The number of fused-ring (bicyclic) bond motifs is 3. The molecular weight excluding hydrogens is 292 g/mol. The number of hydrogen-bond donors (Lipinski definition) is 1. The summed E-state index contributed by atoms with van der Waals surface area (Å²) in [7, 11) is 0. The first-order valence-electron chi connectivity index (χ1n) is 9.56. The van der Waals surface area contributed by atoms with Crippen molar-refractivity contribution in [3.8, 4) is 11.1 Å². The summed E-state index contributed by atoms with van der Waals surface area (Å²) >= 11 is 0. The van der Waals surface area contributed by atoms with E-state index in [2.05, 4.69) is 52.7 Å². The van der Waals surface area contributed by atoms with Crippen molar-refractivity contribution in [3.05, 3.63) is 59.2 Å². The molecule has 0 radical (unpaired) electrons. The van der Waals surface area contributed by atoms with Gasteiger partial charge in [0.15, 0.2) is 0 Å². The molecule has 2 aromatic rings. The van der Waals surface area contributed by atoms with Crippen LogP contribution in [0.5, 0.6) is 0 Å². The molecule has 0 amide bonds. The Kier molecular flexibility index (Phi) is 3.68. The zero-order valence-electron chi connectivity index (χ0n) is 14.3. The van der Waals surface area contributed by atoms with Gasteiger partial charge in [0.25, 0.3) is 0 Å². The predicted molar refractivity (Wildman–Crippen MR) is 99.2 cm³/mol. The molecule has 1 heterocycles. The Morgan fingerprint density at radius 1 is 0.917 bits per heavy atom. The van der Waals surface area contributed by atoms with Crippen molar-refractivity contribution in [2.24, 2.45) is 5.92 Å². The third-order valence-corrected chi connectivity index (χ3v) is 6.30. The second kappa shape index (κ2) is 6.02. The Morgan fingerprint density at radius 3 is 2.50 bits per heavy atom. The van der Waals surface area contributed by atoms with E-state index in [-0.39, 0.29) is 0 Å². The summed E-state index contributed by atoms with van der Waals surface area (Å²) in [4.78, 5) is 2.74. The first kappa shape index (κ1) is 14.7. The summed E-state index contributed by atoms with van der Waals surface area (Å²) in [5.41, 5.74) is 7.50. The van der Waals surface area contributed by atoms with Crippen molar-refractivity contribution in [1.29, 1.82) is 0 Å². The van der Waals surface area contributed by atoms with Crippen LogP contribution in [0, 0.1) is 5.92 Å². The number of piperazine rings is 1. The standard InChI is InChI=1S/C22H26N2/c1-2-7-20-17(4-1)14-19-15-18(8-9-21(19)20)22(16-5-3-6-16)24-12-10-23-11-13-24/h1-2,4,7-9,15-16,22-23H,3,5-6,10-14H2/t22-/m1/s1. The van der Waals surface area contributed by atoms with E-state index >= 15 is 0 Å². The molecule has 2 nitrogen and oxygen atoms in total. The van der Waals surface area contributed by atoms with Gasteiger partial charge < -0.3 is 5.32 Å². The van der Waals surface area contributed by atoms with Crippen LogP contribution in [0.2, 0.25) is 0 Å². The molecule has 0 unspecified atom stereocenters. The highest BCUT2D eigenvalue weighted by molar-refractivity contribution is 5.77. The van der Waals surface area contributed by atoms with E-state index in [1.807, 2.05) is 0 Å². The van der Waals surface area contributed by atoms with E-state index in [0.29, 0.717) is 6.04 Å². The van der Waals surface area contributed by atoms with E-state index in [4.69, 9.17) is 0 Å². The second-order valence-corrected chi connectivity index (χ2v) is 7.67. The van der Waals surface area contributed by atoms with Crippen molar-refractivity contribution >= 4 is 0 Å². The number of nitrogens with one attached hydrogen (secondary N) is 1. The first-order valence-corrected chi connectivity index (χ1v) is 9.56. The fourth-order valence-corrected chi connectivity index (χ4v) is 4.85. The predicted octanol–water partition coefficient (Wildman–Crippen LogP) is 4.00. The Bertz CT molecular complexity index is 741. The lowest BCUT2D eigenvalue weighted by Crippen LogP contribution is -2.47. The highest BCUT2D eigenvalue weighted by Crippen LogP contribution is 2.44. The molecule has 2 aliphatic carbocycles. The molecule has 24 heavy (non-hydrogen) atoms. The van der Waals surface area contributed by atoms with E-state index in [0.717, 1.165) is 25.4 Å². The largest absolute Gasteiger partial charge is 0.314 e. The van der Waals surface area contributed by atoms with Gasteiger partial charge in [-0.1, -0.05) is 48.9 Å². The molecule has 0 spiro atoms. The summed E-state index contributed by atoms with van der Waals surface area (Å²) in [6.07, 6.45) is 5.35. The van der Waals surface area contributed by atoms with Crippen LogP contribution in [0.4, 0.5) is 0 Å². The minimum Gasteiger partial charge on any atom is -0.314 e. The number of benzene rings is 2. The molecule has 124 valence electrons. The Balaban J connectivity index is 1.50. The minimum absolute atomic E-state index is 0.634. The summed E-state index contributed by atoms with van der Waals surface area (Å²) in [6, 6.07) is 16.9. The van der Waals surface area contributed by atoms with Crippen LogP contribution in [-0.2, 0) is 6.42 Å². The Hall–Kier alpha value is -1.64. The molecule has 2 aromatic carbocycles. The third-order valence-electron chi connectivity index (χ3n) is 6.30. The van der Waals surface area contributed by atoms with Gasteiger partial charge in [0, 0.05) is 32.2 Å². The van der Waals surface area contributed by atoms with E-state index < -0.39 is 0 Å². The van der Waals surface area contributed by atoms with Gasteiger partial charge in [-0.25, -0.2) is 0 Å². The molecule has 1 saturated heterocycles. The van der Waals surface area contributed by atoms with Crippen molar-refractivity contribution in [2.75, 3.05) is 26.2 Å². The maximum atomic E-state index is 3.51. The van der Waals surface area contributed by atoms with E-state index in [9.17, 15) is 0 Å². The van der Waals surface area contributed by atoms with Gasteiger partial charge >= 0.3 is 0 Å². The van der Waals surface area contributed by atoms with Crippen LogP contribution in [-0.4, -0.2) is 31.1 Å². The zero-order chi connectivity index (χ0) is 15.9. The van der Waals surface area contributed by atoms with Gasteiger partial charge in [-0.3, -0.25) is 4.90 Å². The molecule has 0 bridgehead atoms. The zero-order valence-corrected chi connectivity index (χ0v) is 14.3. The fourth-order valence-electron chi connectivity index (χ4n) is 4.85. The molecule has 1 atom stereocenters. The molecule has 1 N–H and O–H groups in total. The third kappa shape index (κ3) is 2.40. The summed E-state index contributed by atoms with van der Waals surface area (Å²) in [5, 5.41) is 3.51. The molecular formula is C22H26N2. The average Bonchev–Trinajstić information content (AvgIpc) is 2.96. The van der Waals surface area contributed by atoms with Crippen LogP contribution in [0.1, 0.15) is 42.0 Å². The van der Waals surface area contributed by atoms with Gasteiger partial charge in [0.1, 0.15) is 0 Å². The molecule has 2 heteroatoms. The number of rotatable bonds is 3. The SMILES string of the molecule is c1ccc2c(c1)Cc1cc([C@@H](C3CCC3)N3CCNCC3)ccc1-2. The van der Waals surface area contributed by atoms with Crippen molar-refractivity contribution in [3.63, 3.8) is 0 Å². The van der Waals surface area contributed by atoms with Gasteiger partial charge in [-0.2, -0.15) is 0 Å². The lowest BCUT2D eigenvalue weighted by molar-refractivity contribution is 0.0837. The van der Waals surface area contributed by atoms with Crippen LogP contribution in [0.15, 0.2) is 42.5 Å². The summed E-state index contributed by atoms with van der Waals surface area (Å²) in [6.45, 7) is 4.66. The van der Waals surface area contributed by atoms with Crippen LogP contribution in [0.25, 0.3) is 11.1 Å². The molecule has 3 aliphatic rings. The highest BCUT2D eigenvalue weighted by Gasteiger charge is 2.34. The summed E-state index contributed by atoms with van der Waals surface area (Å²) in [5.74, 6) is 0.866. The van der Waals surface area contributed by atoms with E-state index in [1.54, 1.807) is 5.56 Å². The molecule has 1 aliphatic heterocycles. The van der Waals surface area contributed by atoms with Gasteiger partial charge in [-0.15, -0.1) is 0 Å². The molecule has 0 aromatic heterocycles. The van der Waals surface area contributed by atoms with Crippen molar-refractivity contribution in [1.82, 2.24) is 10.2 Å². The van der Waals surface area contributed by atoms with Crippen molar-refractivity contribution < 1.29 is 0 Å². The average molecular weight is 318 g/mol. The van der Waals surface area contributed by atoms with Gasteiger partial charge in [-0.05, 0) is 53.0 Å². The van der Waals surface area contributed by atoms with Gasteiger partial charge in [0.2, 0.25) is 0 Å². The topological polar surface area (TPSA) is 15.3 Å². The second-order valence-electron chi connectivity index (χ2n) is 7.67. The molecule has 2 fully saturated rings. The normalized spacial score (nSPS) is 21.8. The maximum absolute atomic E-state index is 3.51. The van der Waals surface area contributed by atoms with Crippen LogP contribution in [0.3, 0.4) is 0 Å². The smallest absolute Gasteiger partial charge is 0.0377 e. The number of hydrogen-bond acceptors (Lipinski definition) is 2. The monoisotopic (exact) mass is 318 g/mol. The lowest BCUT2D eigenvalue weighted by atomic mass is 9.76. The Morgan fingerprint density at radius 2 is 1.71 bits per heavy atom. The van der Waals surface area contributed by atoms with Crippen molar-refractivity contribution in [2.45, 2.75) is 31.7 Å². The fraction of sp³-hybridized carbons (Fsp3) is 0.455. The van der Waals surface area contributed by atoms with E-state index in [1.165, 1.54) is 54.6 Å². The summed E-state index contributed by atoms with van der Waals surface area (Å²) < 4.78 is 0. The van der Waals surface area contributed by atoms with Crippen LogP contribution >= 0.6 is 0 Å². The Labute approximate surface area is 144 Å². The lowest BCUT2D eigenvalue weighted by Gasteiger charge is -2.43. The highest BCUT2D eigenvalue weighted by atomic mass is 15.2.